The largest absolute Gasteiger partial charge is 0.273 e. The predicted octanol–water partition coefficient (Wildman–Crippen LogP) is 6.55. The van der Waals surface area contributed by atoms with Crippen molar-refractivity contribution in [1.82, 2.24) is 30.4 Å². The highest BCUT2D eigenvalue weighted by molar-refractivity contribution is 5.90. The Hall–Kier alpha value is -6.42. The van der Waals surface area contributed by atoms with Crippen molar-refractivity contribution in [1.29, 1.82) is 0 Å². The van der Waals surface area contributed by atoms with Gasteiger partial charge in [0.2, 0.25) is 11.8 Å². The van der Waals surface area contributed by atoms with Crippen LogP contribution in [0.3, 0.4) is 0 Å². The molecule has 0 radical (unpaired) electrons. The Morgan fingerprint density at radius 2 is 0.896 bits per heavy atom. The van der Waals surface area contributed by atoms with Crippen molar-refractivity contribution in [2.75, 3.05) is 0 Å². The number of rotatable bonds is 13. The second-order valence-electron chi connectivity index (χ2n) is 11.0. The summed E-state index contributed by atoms with van der Waals surface area (Å²) in [6, 6.07) is 39.3. The molecule has 0 aliphatic heterocycles. The van der Waals surface area contributed by atoms with Gasteiger partial charge in [-0.2, -0.15) is 20.4 Å². The number of nitrogens with one attached hydrogen (secondary N) is 2. The summed E-state index contributed by atoms with van der Waals surface area (Å²) < 4.78 is 3.58. The lowest BCUT2D eigenvalue weighted by Gasteiger charge is -2.01. The number of hydrazone groups is 2. The van der Waals surface area contributed by atoms with Gasteiger partial charge in [0.15, 0.2) is 0 Å². The number of carbonyl (C=O) groups excluding carboxylic acids is 2. The monoisotopic (exact) mass is 634 g/mol. The molecule has 2 heterocycles. The third-order valence-electron chi connectivity index (χ3n) is 7.46. The van der Waals surface area contributed by atoms with E-state index >= 15 is 0 Å². The van der Waals surface area contributed by atoms with E-state index in [4.69, 9.17) is 10.2 Å². The van der Waals surface area contributed by atoms with E-state index in [0.717, 1.165) is 45.0 Å². The molecule has 0 unspecified atom stereocenters. The van der Waals surface area contributed by atoms with Gasteiger partial charge in [-0.1, -0.05) is 97.1 Å². The van der Waals surface area contributed by atoms with Crippen molar-refractivity contribution in [2.24, 2.45) is 10.2 Å². The van der Waals surface area contributed by atoms with E-state index in [1.165, 1.54) is 0 Å². The number of hydrogen-bond acceptors (Lipinski definition) is 6. The number of amides is 2. The van der Waals surface area contributed by atoms with E-state index in [1.807, 2.05) is 134 Å². The lowest BCUT2D eigenvalue weighted by molar-refractivity contribution is -0.123. The minimum atomic E-state index is -0.231. The molecule has 0 fully saturated rings. The van der Waals surface area contributed by atoms with E-state index < -0.39 is 0 Å². The fourth-order valence-electron chi connectivity index (χ4n) is 5.06. The summed E-state index contributed by atoms with van der Waals surface area (Å²) in [6.45, 7) is 0. The highest BCUT2D eigenvalue weighted by Crippen LogP contribution is 2.23. The minimum absolute atomic E-state index is 0.231. The zero-order chi connectivity index (χ0) is 33.0. The number of benzene rings is 4. The van der Waals surface area contributed by atoms with E-state index in [9.17, 15) is 9.59 Å². The number of carbonyl (C=O) groups is 2. The molecule has 2 N–H and O–H groups in total. The molecular formula is C38H34N8O2. The van der Waals surface area contributed by atoms with E-state index in [0.29, 0.717) is 12.8 Å². The minimum Gasteiger partial charge on any atom is -0.273 e. The van der Waals surface area contributed by atoms with Gasteiger partial charge in [-0.3, -0.25) is 9.59 Å². The Morgan fingerprint density at radius 3 is 1.27 bits per heavy atom. The third-order valence-corrected chi connectivity index (χ3v) is 7.46. The maximum Gasteiger partial charge on any atom is 0.240 e. The van der Waals surface area contributed by atoms with Crippen LogP contribution in [-0.4, -0.2) is 43.8 Å². The van der Waals surface area contributed by atoms with Crippen LogP contribution in [0.1, 0.15) is 36.8 Å². The molecule has 0 spiro atoms. The standard InChI is InChI=1S/C38H34N8O2/c47-35(41-39-25-31-27-45(33-19-9-3-10-20-33)43-37(31)29-15-5-1-6-16-29)23-13-14-24-36(48)42-40-26-32-28-46(34-21-11-4-12-22-34)44-38(32)30-17-7-2-8-18-30/h1-12,15-22,25-28H,13-14,23-24H2,(H,41,47)(H,42,48)/b39-25+,40-26+. The van der Waals surface area contributed by atoms with Crippen molar-refractivity contribution in [3.05, 3.63) is 145 Å². The van der Waals surface area contributed by atoms with E-state index in [2.05, 4.69) is 21.1 Å². The van der Waals surface area contributed by atoms with Crippen LogP contribution >= 0.6 is 0 Å². The Bertz CT molecular complexity index is 1850. The van der Waals surface area contributed by atoms with Crippen LogP contribution in [0.5, 0.6) is 0 Å². The molecule has 6 aromatic rings. The maximum absolute atomic E-state index is 12.5. The summed E-state index contributed by atoms with van der Waals surface area (Å²) in [5.74, 6) is -0.462. The van der Waals surface area contributed by atoms with Gasteiger partial charge in [-0.05, 0) is 37.1 Å². The van der Waals surface area contributed by atoms with Gasteiger partial charge in [0, 0.05) is 47.5 Å². The van der Waals surface area contributed by atoms with Gasteiger partial charge in [-0.15, -0.1) is 0 Å². The number of aromatic nitrogens is 4. The van der Waals surface area contributed by atoms with Crippen molar-refractivity contribution >= 4 is 24.2 Å². The first-order valence-electron chi connectivity index (χ1n) is 15.7. The first-order valence-corrected chi connectivity index (χ1v) is 15.7. The van der Waals surface area contributed by atoms with Crippen LogP contribution in [0, 0.1) is 0 Å². The van der Waals surface area contributed by atoms with Crippen molar-refractivity contribution < 1.29 is 9.59 Å². The summed E-state index contributed by atoms with van der Waals surface area (Å²) in [4.78, 5) is 24.9. The fraction of sp³-hybridized carbons (Fsp3) is 0.105. The lowest BCUT2D eigenvalue weighted by atomic mass is 10.1. The smallest absolute Gasteiger partial charge is 0.240 e. The van der Waals surface area contributed by atoms with Gasteiger partial charge in [0.05, 0.1) is 23.8 Å². The lowest BCUT2D eigenvalue weighted by Crippen LogP contribution is -2.19. The summed E-state index contributed by atoms with van der Waals surface area (Å²) in [5, 5.41) is 17.9. The molecule has 0 aliphatic rings. The highest BCUT2D eigenvalue weighted by Gasteiger charge is 2.13. The maximum atomic E-state index is 12.5. The predicted molar refractivity (Wildman–Crippen MR) is 188 cm³/mol. The second kappa shape index (κ2) is 15.7. The molecule has 0 saturated carbocycles. The average molecular weight is 635 g/mol. The van der Waals surface area contributed by atoms with Crippen LogP contribution < -0.4 is 10.9 Å². The van der Waals surface area contributed by atoms with E-state index in [-0.39, 0.29) is 24.7 Å². The quantitative estimate of drug-likeness (QED) is 0.0851. The molecule has 0 bridgehead atoms. The average Bonchev–Trinajstić information content (AvgIpc) is 3.77. The van der Waals surface area contributed by atoms with E-state index in [1.54, 1.807) is 21.8 Å². The topological polar surface area (TPSA) is 119 Å². The molecule has 2 aromatic heterocycles. The van der Waals surface area contributed by atoms with Crippen molar-refractivity contribution in [2.45, 2.75) is 25.7 Å². The molecule has 0 aliphatic carbocycles. The Balaban J connectivity index is 0.986. The number of unbranched alkanes of at least 4 members (excludes halogenated alkanes) is 1. The van der Waals surface area contributed by atoms with Gasteiger partial charge < -0.3 is 0 Å². The summed E-state index contributed by atoms with van der Waals surface area (Å²) >= 11 is 0. The number of hydrogen-bond donors (Lipinski definition) is 2. The first-order chi connectivity index (χ1) is 23.6. The zero-order valence-corrected chi connectivity index (χ0v) is 26.2. The third kappa shape index (κ3) is 8.24. The molecular weight excluding hydrogens is 600 g/mol. The van der Waals surface area contributed by atoms with Crippen LogP contribution in [0.4, 0.5) is 0 Å². The number of nitrogens with zero attached hydrogens (tertiary/aromatic N) is 6. The molecule has 6 rings (SSSR count). The normalized spacial score (nSPS) is 11.2. The molecule has 10 heteroatoms. The summed E-state index contributed by atoms with van der Waals surface area (Å²) in [6.07, 6.45) is 8.50. The molecule has 0 atom stereocenters. The van der Waals surface area contributed by atoms with Gasteiger partial charge in [-0.25, -0.2) is 20.2 Å². The van der Waals surface area contributed by atoms with Gasteiger partial charge >= 0.3 is 0 Å². The summed E-state index contributed by atoms with van der Waals surface area (Å²) in [7, 11) is 0. The van der Waals surface area contributed by atoms with Crippen molar-refractivity contribution in [3.63, 3.8) is 0 Å². The van der Waals surface area contributed by atoms with Crippen molar-refractivity contribution in [3.8, 4) is 33.9 Å². The van der Waals surface area contributed by atoms with Crippen LogP contribution in [0.2, 0.25) is 0 Å². The Morgan fingerprint density at radius 1 is 0.542 bits per heavy atom. The molecule has 48 heavy (non-hydrogen) atoms. The summed E-state index contributed by atoms with van der Waals surface area (Å²) in [5.41, 5.74) is 12.0. The van der Waals surface area contributed by atoms with Crippen LogP contribution in [0.25, 0.3) is 33.9 Å². The molecule has 4 aromatic carbocycles. The second-order valence-corrected chi connectivity index (χ2v) is 11.0. The number of para-hydroxylation sites is 2. The SMILES string of the molecule is O=C(CCCCC(=O)N/N=C/c1cn(-c2ccccc2)nc1-c1ccccc1)N/N=C/c1cn(-c2ccccc2)nc1-c1ccccc1. The fourth-order valence-corrected chi connectivity index (χ4v) is 5.06. The molecule has 238 valence electrons. The van der Waals surface area contributed by atoms with Gasteiger partial charge in [0.25, 0.3) is 0 Å². The van der Waals surface area contributed by atoms with Crippen LogP contribution in [0.15, 0.2) is 144 Å². The van der Waals surface area contributed by atoms with Gasteiger partial charge in [0.1, 0.15) is 11.4 Å². The first kappa shape index (κ1) is 31.6. The highest BCUT2D eigenvalue weighted by atomic mass is 16.2. The Labute approximate surface area is 278 Å². The van der Waals surface area contributed by atoms with Crippen LogP contribution in [-0.2, 0) is 9.59 Å². The Kier molecular flexibility index (Phi) is 10.3. The molecule has 10 nitrogen and oxygen atoms in total. The zero-order valence-electron chi connectivity index (χ0n) is 26.2. The molecule has 0 saturated heterocycles. The molecule has 2 amide bonds.